The van der Waals surface area contributed by atoms with E-state index in [9.17, 15) is 14.4 Å². The van der Waals surface area contributed by atoms with Gasteiger partial charge in [0.15, 0.2) is 11.2 Å². The number of hydrogen-bond acceptors (Lipinski definition) is 6. The average molecular weight is 503 g/mol. The maximum absolute atomic E-state index is 14.2. The third-order valence-corrected chi connectivity index (χ3v) is 7.84. The van der Waals surface area contributed by atoms with Crippen LogP contribution in [0, 0.1) is 0 Å². The number of aryl methyl sites for hydroxylation is 1. The molecular weight excluding hydrogens is 472 g/mol. The van der Waals surface area contributed by atoms with Gasteiger partial charge in [-0.1, -0.05) is 80.8 Å². The molecule has 0 saturated carbocycles. The molecule has 3 aromatic rings. The van der Waals surface area contributed by atoms with Crippen molar-refractivity contribution >= 4 is 34.6 Å². The van der Waals surface area contributed by atoms with Crippen LogP contribution in [-0.4, -0.2) is 31.9 Å². The fourth-order valence-corrected chi connectivity index (χ4v) is 6.07. The number of esters is 2. The summed E-state index contributed by atoms with van der Waals surface area (Å²) in [5.74, 6) is -2.06. The lowest BCUT2D eigenvalue weighted by Gasteiger charge is -2.37. The first-order valence-electron chi connectivity index (χ1n) is 12.2. The average Bonchev–Trinajstić information content (AvgIpc) is 3.39. The number of ketones is 1. The highest BCUT2D eigenvalue weighted by Gasteiger charge is 2.59. The number of methoxy groups -OCH3 is 2. The van der Waals surface area contributed by atoms with Crippen LogP contribution in [0.15, 0.2) is 72.3 Å². The topological polar surface area (TPSA) is 69.7 Å². The Morgan fingerprint density at radius 1 is 0.833 bits per heavy atom. The van der Waals surface area contributed by atoms with Crippen LogP contribution in [0.25, 0.3) is 5.57 Å². The van der Waals surface area contributed by atoms with E-state index in [1.165, 1.54) is 31.9 Å². The molecule has 1 heterocycles. The van der Waals surface area contributed by atoms with Crippen molar-refractivity contribution in [1.82, 2.24) is 0 Å². The molecule has 0 saturated heterocycles. The van der Waals surface area contributed by atoms with Gasteiger partial charge in [-0.3, -0.25) is 9.59 Å². The molecular formula is C30H30O5S. The Hall–Kier alpha value is -3.51. The summed E-state index contributed by atoms with van der Waals surface area (Å²) >= 11 is 1.58. The molecule has 6 heteroatoms. The molecule has 1 aromatic heterocycles. The molecule has 1 aliphatic rings. The Morgan fingerprint density at radius 2 is 1.53 bits per heavy atom. The molecule has 1 aliphatic carbocycles. The smallest absolute Gasteiger partial charge is 0.336 e. The molecule has 0 spiro atoms. The fourth-order valence-electron chi connectivity index (χ4n) is 4.95. The Labute approximate surface area is 215 Å². The maximum Gasteiger partial charge on any atom is 0.336 e. The van der Waals surface area contributed by atoms with Gasteiger partial charge >= 0.3 is 11.9 Å². The minimum Gasteiger partial charge on any atom is -0.468 e. The van der Waals surface area contributed by atoms with Crippen molar-refractivity contribution < 1.29 is 23.9 Å². The number of rotatable bonds is 9. The number of carbonyl (C=O) groups is 3. The molecule has 0 fully saturated rings. The number of carbonyl (C=O) groups excluding carboxylic acids is 3. The minimum absolute atomic E-state index is 0.00821. The quantitative estimate of drug-likeness (QED) is 0.199. The number of ether oxygens (including phenoxy) is 2. The second kappa shape index (κ2) is 11.0. The largest absolute Gasteiger partial charge is 0.468 e. The van der Waals surface area contributed by atoms with Gasteiger partial charge in [0, 0.05) is 20.9 Å². The van der Waals surface area contributed by atoms with Crippen molar-refractivity contribution in [2.45, 2.75) is 44.4 Å². The van der Waals surface area contributed by atoms with Crippen LogP contribution in [0.4, 0.5) is 0 Å². The van der Waals surface area contributed by atoms with Crippen LogP contribution in [0.1, 0.15) is 63.8 Å². The molecule has 0 amide bonds. The highest BCUT2D eigenvalue weighted by Crippen LogP contribution is 2.49. The zero-order valence-electron chi connectivity index (χ0n) is 20.8. The van der Waals surface area contributed by atoms with Gasteiger partial charge in [-0.2, -0.15) is 0 Å². The van der Waals surface area contributed by atoms with E-state index in [1.54, 1.807) is 53.8 Å². The molecule has 36 heavy (non-hydrogen) atoms. The summed E-state index contributed by atoms with van der Waals surface area (Å²) in [7, 11) is 2.49. The summed E-state index contributed by atoms with van der Waals surface area (Å²) in [6.45, 7) is 2.19. The van der Waals surface area contributed by atoms with Crippen LogP contribution in [0.5, 0.6) is 0 Å². The highest BCUT2D eigenvalue weighted by atomic mass is 32.1. The van der Waals surface area contributed by atoms with Gasteiger partial charge in [-0.05, 0) is 36.1 Å². The van der Waals surface area contributed by atoms with Crippen molar-refractivity contribution in [1.29, 1.82) is 0 Å². The summed E-state index contributed by atoms with van der Waals surface area (Å²) in [6, 6.07) is 19.8. The molecule has 0 radical (unpaired) electrons. The van der Waals surface area contributed by atoms with E-state index in [0.29, 0.717) is 22.3 Å². The van der Waals surface area contributed by atoms with Gasteiger partial charge in [0.2, 0.25) is 0 Å². The lowest BCUT2D eigenvalue weighted by Crippen LogP contribution is -2.51. The van der Waals surface area contributed by atoms with Gasteiger partial charge in [-0.15, -0.1) is 11.3 Å². The van der Waals surface area contributed by atoms with Gasteiger partial charge in [0.1, 0.15) is 0 Å². The van der Waals surface area contributed by atoms with E-state index in [0.717, 1.165) is 24.1 Å². The zero-order valence-corrected chi connectivity index (χ0v) is 21.7. The summed E-state index contributed by atoms with van der Waals surface area (Å²) in [6.07, 6.45) is 5.56. The molecule has 4 rings (SSSR count). The number of fused-ring (bicyclic) bond motifs is 1. The standard InChI is InChI=1S/C30H30O5S/c1-4-5-6-10-15-21-18-19-24(36-21)25-22-16-11-12-17-23(22)27(31)30(29(33)35-3,26(25)28(32)34-2)20-13-8-7-9-14-20/h7-9,11-14,16-19H,4-6,10,15H2,1-3H3/t30-/m0/s1. The SMILES string of the molecule is CCCCCCc1ccc(C2=C(C(=O)OC)[C@@](C(=O)OC)(c3ccccc3)C(=O)c3ccccc32)s1. The molecule has 5 nitrogen and oxygen atoms in total. The predicted molar refractivity (Wildman–Crippen MR) is 141 cm³/mol. The first-order chi connectivity index (χ1) is 17.5. The Balaban J connectivity index is 2.03. The van der Waals surface area contributed by atoms with E-state index >= 15 is 0 Å². The summed E-state index contributed by atoms with van der Waals surface area (Å²) < 4.78 is 10.4. The molecule has 0 aliphatic heterocycles. The van der Waals surface area contributed by atoms with Crippen molar-refractivity contribution in [3.63, 3.8) is 0 Å². The minimum atomic E-state index is -1.99. The van der Waals surface area contributed by atoms with Gasteiger partial charge in [0.25, 0.3) is 0 Å². The summed E-state index contributed by atoms with van der Waals surface area (Å²) in [4.78, 5) is 43.4. The van der Waals surface area contributed by atoms with E-state index < -0.39 is 23.1 Å². The fraction of sp³-hybridized carbons (Fsp3) is 0.300. The molecule has 0 bridgehead atoms. The van der Waals surface area contributed by atoms with Crippen LogP contribution < -0.4 is 0 Å². The number of unbranched alkanes of at least 4 members (excludes halogenated alkanes) is 3. The molecule has 2 aromatic carbocycles. The Bertz CT molecular complexity index is 1300. The van der Waals surface area contributed by atoms with Crippen LogP contribution in [-0.2, 0) is 30.9 Å². The first-order valence-corrected chi connectivity index (χ1v) is 13.0. The van der Waals surface area contributed by atoms with Gasteiger partial charge in [-0.25, -0.2) is 4.79 Å². The summed E-state index contributed by atoms with van der Waals surface area (Å²) in [5.41, 5.74) is -0.115. The van der Waals surface area contributed by atoms with Crippen LogP contribution in [0.3, 0.4) is 0 Å². The zero-order chi connectivity index (χ0) is 25.7. The monoisotopic (exact) mass is 502 g/mol. The second-order valence-electron chi connectivity index (χ2n) is 8.80. The predicted octanol–water partition coefficient (Wildman–Crippen LogP) is 6.15. The lowest BCUT2D eigenvalue weighted by molar-refractivity contribution is -0.147. The van der Waals surface area contributed by atoms with Crippen molar-refractivity contribution in [3.05, 3.63) is 98.7 Å². The first kappa shape index (κ1) is 25.6. The maximum atomic E-state index is 14.2. The molecule has 0 unspecified atom stereocenters. The molecule has 0 N–H and O–H groups in total. The van der Waals surface area contributed by atoms with E-state index in [2.05, 4.69) is 13.0 Å². The van der Waals surface area contributed by atoms with E-state index in [1.807, 2.05) is 18.2 Å². The Morgan fingerprint density at radius 3 is 2.19 bits per heavy atom. The number of benzene rings is 2. The third-order valence-electron chi connectivity index (χ3n) is 6.68. The Kier molecular flexibility index (Phi) is 7.85. The second-order valence-corrected chi connectivity index (χ2v) is 9.97. The lowest BCUT2D eigenvalue weighted by atomic mass is 9.62. The van der Waals surface area contributed by atoms with E-state index in [4.69, 9.17) is 9.47 Å². The van der Waals surface area contributed by atoms with Crippen molar-refractivity contribution in [2.75, 3.05) is 14.2 Å². The highest BCUT2D eigenvalue weighted by molar-refractivity contribution is 7.13. The summed E-state index contributed by atoms with van der Waals surface area (Å²) in [5, 5.41) is 0. The molecule has 186 valence electrons. The van der Waals surface area contributed by atoms with E-state index in [-0.39, 0.29) is 5.57 Å². The van der Waals surface area contributed by atoms with Crippen LogP contribution >= 0.6 is 11.3 Å². The van der Waals surface area contributed by atoms with Crippen LogP contribution in [0.2, 0.25) is 0 Å². The van der Waals surface area contributed by atoms with Crippen molar-refractivity contribution in [2.24, 2.45) is 0 Å². The molecule has 1 atom stereocenters. The third kappa shape index (κ3) is 4.30. The normalized spacial score (nSPS) is 17.0. The van der Waals surface area contributed by atoms with Gasteiger partial charge < -0.3 is 9.47 Å². The number of hydrogen-bond donors (Lipinski definition) is 0. The van der Waals surface area contributed by atoms with Crippen molar-refractivity contribution in [3.8, 4) is 0 Å². The van der Waals surface area contributed by atoms with Gasteiger partial charge in [0.05, 0.1) is 19.8 Å². The number of Topliss-reactive ketones (excluding diaryl/α,β-unsaturated/α-hetero) is 1. The number of thiophene rings is 1.